The second-order valence-electron chi connectivity index (χ2n) is 6.95. The van der Waals surface area contributed by atoms with Crippen LogP contribution in [0.4, 0.5) is 5.69 Å². The van der Waals surface area contributed by atoms with Crippen LogP contribution in [0.3, 0.4) is 0 Å². The van der Waals surface area contributed by atoms with Gasteiger partial charge in [0.15, 0.2) is 0 Å². The number of hydrogen-bond donors (Lipinski definition) is 1. The van der Waals surface area contributed by atoms with E-state index >= 15 is 0 Å². The minimum atomic E-state index is 0.204. The van der Waals surface area contributed by atoms with Crippen LogP contribution in [-0.4, -0.2) is 25.4 Å². The van der Waals surface area contributed by atoms with Gasteiger partial charge in [-0.25, -0.2) is 0 Å². The molecule has 2 aliphatic rings. The maximum Gasteiger partial charge on any atom is 0.119 e. The average molecular weight is 289 g/mol. The molecule has 1 aliphatic carbocycles. The van der Waals surface area contributed by atoms with Crippen molar-refractivity contribution in [3.63, 3.8) is 0 Å². The molecule has 1 heterocycles. The van der Waals surface area contributed by atoms with E-state index in [1.54, 1.807) is 0 Å². The molecule has 1 N–H and O–H groups in total. The van der Waals surface area contributed by atoms with Crippen LogP contribution in [0.5, 0.6) is 5.75 Å². The predicted octanol–water partition coefficient (Wildman–Crippen LogP) is 4.01. The Morgan fingerprint density at radius 1 is 1.38 bits per heavy atom. The van der Waals surface area contributed by atoms with Crippen molar-refractivity contribution in [1.82, 2.24) is 0 Å². The first-order valence-corrected chi connectivity index (χ1v) is 8.15. The molecule has 0 bridgehead atoms. The highest BCUT2D eigenvalue weighted by molar-refractivity contribution is 5.55. The van der Waals surface area contributed by atoms with Crippen molar-refractivity contribution in [2.45, 2.75) is 52.7 Å². The molecule has 0 aromatic heterocycles. The zero-order chi connectivity index (χ0) is 15.0. The Morgan fingerprint density at radius 3 is 2.90 bits per heavy atom. The monoisotopic (exact) mass is 289 g/mol. The fourth-order valence-electron chi connectivity index (χ4n) is 4.04. The van der Waals surface area contributed by atoms with Crippen LogP contribution in [0.25, 0.3) is 0 Å². The normalized spacial score (nSPS) is 30.2. The van der Waals surface area contributed by atoms with Crippen LogP contribution < -0.4 is 10.1 Å². The Bertz CT molecular complexity index is 512. The summed E-state index contributed by atoms with van der Waals surface area (Å²) in [5.41, 5.74) is 2.67. The molecule has 21 heavy (non-hydrogen) atoms. The van der Waals surface area contributed by atoms with Gasteiger partial charge in [0.2, 0.25) is 0 Å². The quantitative estimate of drug-likeness (QED) is 0.908. The summed E-state index contributed by atoms with van der Waals surface area (Å²) in [4.78, 5) is 0. The zero-order valence-corrected chi connectivity index (χ0v) is 13.6. The van der Waals surface area contributed by atoms with E-state index in [4.69, 9.17) is 9.47 Å². The summed E-state index contributed by atoms with van der Waals surface area (Å²) in [5.74, 6) is 1.60. The van der Waals surface area contributed by atoms with Crippen LogP contribution in [0.15, 0.2) is 18.2 Å². The minimum Gasteiger partial charge on any atom is -0.494 e. The smallest absolute Gasteiger partial charge is 0.119 e. The van der Waals surface area contributed by atoms with Gasteiger partial charge in [0.25, 0.3) is 0 Å². The van der Waals surface area contributed by atoms with E-state index in [0.29, 0.717) is 24.7 Å². The molecule has 3 rings (SSSR count). The Labute approximate surface area is 128 Å². The Balaban J connectivity index is 1.74. The molecule has 1 aromatic rings. The topological polar surface area (TPSA) is 30.5 Å². The highest BCUT2D eigenvalue weighted by Gasteiger charge is 2.57. The summed E-state index contributed by atoms with van der Waals surface area (Å²) < 4.78 is 11.5. The summed E-state index contributed by atoms with van der Waals surface area (Å²) in [6, 6.07) is 6.82. The molecule has 1 aromatic carbocycles. The van der Waals surface area contributed by atoms with E-state index in [-0.39, 0.29) is 5.41 Å². The van der Waals surface area contributed by atoms with Gasteiger partial charge in [-0.05, 0) is 50.5 Å². The number of benzene rings is 1. The second-order valence-corrected chi connectivity index (χ2v) is 6.95. The molecule has 1 saturated carbocycles. The highest BCUT2D eigenvalue weighted by atomic mass is 16.5. The average Bonchev–Trinajstić information content (AvgIpc) is 2.46. The lowest BCUT2D eigenvalue weighted by atomic mass is 9.55. The van der Waals surface area contributed by atoms with Gasteiger partial charge < -0.3 is 14.8 Å². The Hall–Kier alpha value is -1.22. The summed E-state index contributed by atoms with van der Waals surface area (Å²) in [6.07, 6.45) is 2.89. The van der Waals surface area contributed by atoms with Gasteiger partial charge in [0.05, 0.1) is 12.7 Å². The molecule has 2 fully saturated rings. The first-order valence-electron chi connectivity index (χ1n) is 8.15. The summed E-state index contributed by atoms with van der Waals surface area (Å²) >= 11 is 0. The van der Waals surface area contributed by atoms with Gasteiger partial charge in [0, 0.05) is 29.7 Å². The van der Waals surface area contributed by atoms with Crippen molar-refractivity contribution in [3.8, 4) is 5.75 Å². The molecule has 0 amide bonds. The minimum absolute atomic E-state index is 0.204. The Morgan fingerprint density at radius 2 is 2.19 bits per heavy atom. The number of fused-ring (bicyclic) bond motifs is 1. The predicted molar refractivity (Wildman–Crippen MR) is 86.0 cm³/mol. The summed E-state index contributed by atoms with van der Waals surface area (Å²) in [6.45, 7) is 10.4. The van der Waals surface area contributed by atoms with Gasteiger partial charge >= 0.3 is 0 Å². The van der Waals surface area contributed by atoms with E-state index in [2.05, 4.69) is 44.3 Å². The van der Waals surface area contributed by atoms with Crippen molar-refractivity contribution in [3.05, 3.63) is 23.8 Å². The molecule has 1 saturated heterocycles. The lowest BCUT2D eigenvalue weighted by molar-refractivity contribution is -0.177. The standard InChI is InChI=1S/C18H27NO2/c1-5-20-13-8-9-15(12(2)11-13)19-16-14-7-6-10-21-17(14)18(16,3)4/h8-9,11,14,16-17,19H,5-7,10H2,1-4H3. The zero-order valence-electron chi connectivity index (χ0n) is 13.6. The molecule has 0 radical (unpaired) electrons. The van der Waals surface area contributed by atoms with Gasteiger partial charge in [-0.2, -0.15) is 0 Å². The van der Waals surface area contributed by atoms with Gasteiger partial charge in [0.1, 0.15) is 5.75 Å². The number of rotatable bonds is 4. The molecule has 3 heteroatoms. The number of hydrogen-bond acceptors (Lipinski definition) is 3. The number of nitrogens with one attached hydrogen (secondary N) is 1. The first kappa shape index (κ1) is 14.7. The third kappa shape index (κ3) is 2.52. The van der Waals surface area contributed by atoms with Gasteiger partial charge in [-0.15, -0.1) is 0 Å². The molecule has 3 nitrogen and oxygen atoms in total. The van der Waals surface area contributed by atoms with Crippen molar-refractivity contribution < 1.29 is 9.47 Å². The molecule has 116 valence electrons. The van der Waals surface area contributed by atoms with Crippen molar-refractivity contribution in [2.75, 3.05) is 18.5 Å². The van der Waals surface area contributed by atoms with Gasteiger partial charge in [-0.3, -0.25) is 0 Å². The molecular weight excluding hydrogens is 262 g/mol. The molecule has 0 spiro atoms. The van der Waals surface area contributed by atoms with Crippen LogP contribution in [-0.2, 0) is 4.74 Å². The van der Waals surface area contributed by atoms with E-state index in [0.717, 1.165) is 12.4 Å². The SMILES string of the molecule is CCOc1ccc(NC2C3CCCOC3C2(C)C)c(C)c1. The first-order chi connectivity index (χ1) is 10.0. The third-order valence-corrected chi connectivity index (χ3v) is 5.15. The summed E-state index contributed by atoms with van der Waals surface area (Å²) in [5, 5.41) is 3.77. The molecule has 3 unspecified atom stereocenters. The van der Waals surface area contributed by atoms with Crippen LogP contribution >= 0.6 is 0 Å². The number of ether oxygens (including phenoxy) is 2. The molecule has 3 atom stereocenters. The maximum absolute atomic E-state index is 5.98. The van der Waals surface area contributed by atoms with Crippen molar-refractivity contribution >= 4 is 5.69 Å². The van der Waals surface area contributed by atoms with E-state index < -0.39 is 0 Å². The second kappa shape index (κ2) is 5.53. The Kier molecular flexibility index (Phi) is 3.87. The van der Waals surface area contributed by atoms with E-state index in [1.165, 1.54) is 24.1 Å². The number of anilines is 1. The maximum atomic E-state index is 5.98. The van der Waals surface area contributed by atoms with Crippen LogP contribution in [0, 0.1) is 18.3 Å². The van der Waals surface area contributed by atoms with E-state index in [9.17, 15) is 0 Å². The van der Waals surface area contributed by atoms with Gasteiger partial charge in [-0.1, -0.05) is 13.8 Å². The van der Waals surface area contributed by atoms with Crippen LogP contribution in [0.2, 0.25) is 0 Å². The lowest BCUT2D eigenvalue weighted by Crippen LogP contribution is -2.67. The summed E-state index contributed by atoms with van der Waals surface area (Å²) in [7, 11) is 0. The highest BCUT2D eigenvalue weighted by Crippen LogP contribution is 2.52. The fourth-order valence-corrected chi connectivity index (χ4v) is 4.04. The number of aryl methyl sites for hydroxylation is 1. The lowest BCUT2D eigenvalue weighted by Gasteiger charge is -2.60. The third-order valence-electron chi connectivity index (χ3n) is 5.15. The molecule has 1 aliphatic heterocycles. The van der Waals surface area contributed by atoms with Crippen LogP contribution in [0.1, 0.15) is 39.2 Å². The largest absolute Gasteiger partial charge is 0.494 e. The van der Waals surface area contributed by atoms with Crippen molar-refractivity contribution in [1.29, 1.82) is 0 Å². The fraction of sp³-hybridized carbons (Fsp3) is 0.667. The van der Waals surface area contributed by atoms with E-state index in [1.807, 2.05) is 6.92 Å². The van der Waals surface area contributed by atoms with Crippen molar-refractivity contribution in [2.24, 2.45) is 11.3 Å². The molecular formula is C18H27NO2.